The normalized spacial score (nSPS) is 20.0. The van der Waals surface area contributed by atoms with Crippen molar-refractivity contribution in [1.82, 2.24) is 5.32 Å². The molecule has 2 rings (SSSR count). The van der Waals surface area contributed by atoms with Crippen LogP contribution in [0.3, 0.4) is 0 Å². The lowest BCUT2D eigenvalue weighted by Gasteiger charge is -2.13. The number of benzene rings is 1. The molecule has 0 saturated carbocycles. The van der Waals surface area contributed by atoms with Crippen molar-refractivity contribution in [3.8, 4) is 5.75 Å². The summed E-state index contributed by atoms with van der Waals surface area (Å²) >= 11 is 0. The van der Waals surface area contributed by atoms with Gasteiger partial charge >= 0.3 is 0 Å². The third kappa shape index (κ3) is 5.14. The second-order valence-electron chi connectivity index (χ2n) is 5.68. The van der Waals surface area contributed by atoms with Crippen LogP contribution in [0.1, 0.15) is 32.3 Å². The van der Waals surface area contributed by atoms with Gasteiger partial charge in [-0.15, -0.1) is 0 Å². The van der Waals surface area contributed by atoms with Crippen LogP contribution < -0.4 is 10.1 Å². The number of ether oxygens (including phenoxy) is 2. The monoisotopic (exact) mass is 277 g/mol. The van der Waals surface area contributed by atoms with Crippen molar-refractivity contribution < 1.29 is 9.47 Å². The van der Waals surface area contributed by atoms with Gasteiger partial charge in [-0.1, -0.05) is 19.1 Å². The minimum Gasteiger partial charge on any atom is -0.493 e. The summed E-state index contributed by atoms with van der Waals surface area (Å²) in [5.74, 6) is 1.54. The molecule has 1 heterocycles. The molecule has 1 N–H and O–H groups in total. The van der Waals surface area contributed by atoms with Crippen molar-refractivity contribution in [2.24, 2.45) is 5.92 Å². The molecule has 1 fully saturated rings. The van der Waals surface area contributed by atoms with Gasteiger partial charge in [-0.25, -0.2) is 0 Å². The van der Waals surface area contributed by atoms with Crippen LogP contribution in [0.2, 0.25) is 0 Å². The Balaban J connectivity index is 1.71. The first-order valence-electron chi connectivity index (χ1n) is 7.80. The fraction of sp³-hybridized carbons (Fsp3) is 0.647. The second kappa shape index (κ2) is 8.28. The van der Waals surface area contributed by atoms with Crippen molar-refractivity contribution in [2.75, 3.05) is 26.4 Å². The van der Waals surface area contributed by atoms with Crippen molar-refractivity contribution in [2.45, 2.75) is 39.2 Å². The molecule has 0 amide bonds. The van der Waals surface area contributed by atoms with E-state index in [2.05, 4.69) is 43.4 Å². The summed E-state index contributed by atoms with van der Waals surface area (Å²) < 4.78 is 11.2. The van der Waals surface area contributed by atoms with E-state index in [1.165, 1.54) is 12.0 Å². The van der Waals surface area contributed by atoms with Gasteiger partial charge in [-0.05, 0) is 50.4 Å². The number of rotatable bonds is 8. The van der Waals surface area contributed by atoms with E-state index in [1.54, 1.807) is 0 Å². The van der Waals surface area contributed by atoms with Crippen LogP contribution in [0.15, 0.2) is 24.3 Å². The van der Waals surface area contributed by atoms with Crippen LogP contribution in [-0.4, -0.2) is 32.4 Å². The largest absolute Gasteiger partial charge is 0.493 e. The second-order valence-corrected chi connectivity index (χ2v) is 5.68. The van der Waals surface area contributed by atoms with Crippen molar-refractivity contribution in [3.05, 3.63) is 29.8 Å². The Hall–Kier alpha value is -1.06. The number of nitrogens with one attached hydrogen (secondary N) is 1. The van der Waals surface area contributed by atoms with E-state index < -0.39 is 0 Å². The maximum atomic E-state index is 5.82. The first-order chi connectivity index (χ1) is 9.78. The summed E-state index contributed by atoms with van der Waals surface area (Å²) in [6, 6.07) is 9.11. The maximum absolute atomic E-state index is 5.82. The van der Waals surface area contributed by atoms with E-state index in [4.69, 9.17) is 9.47 Å². The van der Waals surface area contributed by atoms with Gasteiger partial charge in [0.05, 0.1) is 13.2 Å². The number of hydrogen-bond acceptors (Lipinski definition) is 3. The molecule has 112 valence electrons. The highest BCUT2D eigenvalue weighted by atomic mass is 16.5. The summed E-state index contributed by atoms with van der Waals surface area (Å²) in [5, 5.41) is 3.44. The molecular formula is C17H27NO2. The Morgan fingerprint density at radius 1 is 1.35 bits per heavy atom. The Bertz CT molecular complexity index is 371. The summed E-state index contributed by atoms with van der Waals surface area (Å²) in [7, 11) is 0. The van der Waals surface area contributed by atoms with Gasteiger partial charge in [0.15, 0.2) is 0 Å². The van der Waals surface area contributed by atoms with Gasteiger partial charge in [-0.3, -0.25) is 0 Å². The lowest BCUT2D eigenvalue weighted by atomic mass is 10.1. The molecule has 2 atom stereocenters. The van der Waals surface area contributed by atoms with Crippen LogP contribution in [0, 0.1) is 5.92 Å². The fourth-order valence-electron chi connectivity index (χ4n) is 2.51. The molecule has 3 heteroatoms. The van der Waals surface area contributed by atoms with E-state index in [0.717, 1.165) is 45.0 Å². The van der Waals surface area contributed by atoms with Crippen molar-refractivity contribution in [1.29, 1.82) is 0 Å². The lowest BCUT2D eigenvalue weighted by molar-refractivity contribution is 0.167. The number of aryl methyl sites for hydroxylation is 1. The Morgan fingerprint density at radius 2 is 2.15 bits per heavy atom. The molecule has 1 saturated heterocycles. The molecule has 1 aromatic rings. The van der Waals surface area contributed by atoms with Crippen LogP contribution >= 0.6 is 0 Å². The van der Waals surface area contributed by atoms with Gasteiger partial charge in [0.2, 0.25) is 0 Å². The molecule has 0 radical (unpaired) electrons. The summed E-state index contributed by atoms with van der Waals surface area (Å²) in [6.45, 7) is 7.94. The van der Waals surface area contributed by atoms with E-state index >= 15 is 0 Å². The quantitative estimate of drug-likeness (QED) is 0.792. The molecule has 1 aliphatic heterocycles. The standard InChI is InChI=1S/C17H27NO2/c1-3-18-14(2)4-5-15-6-8-17(9-7-15)20-13-16-10-11-19-12-16/h6-9,14,16,18H,3-5,10-13H2,1-2H3. The Morgan fingerprint density at radius 3 is 2.80 bits per heavy atom. The first-order valence-corrected chi connectivity index (χ1v) is 7.80. The Labute approximate surface area is 122 Å². The zero-order chi connectivity index (χ0) is 14.2. The van der Waals surface area contributed by atoms with E-state index in [-0.39, 0.29) is 0 Å². The fourth-order valence-corrected chi connectivity index (χ4v) is 2.51. The van der Waals surface area contributed by atoms with E-state index in [0.29, 0.717) is 12.0 Å². The van der Waals surface area contributed by atoms with Gasteiger partial charge in [0.25, 0.3) is 0 Å². The average Bonchev–Trinajstić information content (AvgIpc) is 2.98. The molecule has 1 aromatic carbocycles. The third-order valence-electron chi connectivity index (χ3n) is 3.85. The summed E-state index contributed by atoms with van der Waals surface area (Å²) in [5.41, 5.74) is 1.38. The topological polar surface area (TPSA) is 30.5 Å². The highest BCUT2D eigenvalue weighted by Gasteiger charge is 2.16. The molecule has 0 aromatic heterocycles. The van der Waals surface area contributed by atoms with E-state index in [9.17, 15) is 0 Å². The van der Waals surface area contributed by atoms with Crippen LogP contribution in [0.4, 0.5) is 0 Å². The predicted octanol–water partition coefficient (Wildman–Crippen LogP) is 3.03. The molecular weight excluding hydrogens is 250 g/mol. The zero-order valence-electron chi connectivity index (χ0n) is 12.7. The smallest absolute Gasteiger partial charge is 0.119 e. The van der Waals surface area contributed by atoms with Gasteiger partial charge < -0.3 is 14.8 Å². The summed E-state index contributed by atoms with van der Waals surface area (Å²) in [4.78, 5) is 0. The first kappa shape index (κ1) is 15.3. The molecule has 0 aliphatic carbocycles. The van der Waals surface area contributed by atoms with Gasteiger partial charge in [0, 0.05) is 18.6 Å². The minimum absolute atomic E-state index is 0.565. The van der Waals surface area contributed by atoms with Gasteiger partial charge in [0.1, 0.15) is 5.75 Å². The highest BCUT2D eigenvalue weighted by Crippen LogP contribution is 2.17. The average molecular weight is 277 g/mol. The molecule has 0 bridgehead atoms. The van der Waals surface area contributed by atoms with Crippen LogP contribution in [0.5, 0.6) is 5.75 Å². The lowest BCUT2D eigenvalue weighted by Crippen LogP contribution is -2.25. The Kier molecular flexibility index (Phi) is 6.34. The zero-order valence-corrected chi connectivity index (χ0v) is 12.7. The minimum atomic E-state index is 0.565. The van der Waals surface area contributed by atoms with Gasteiger partial charge in [-0.2, -0.15) is 0 Å². The third-order valence-corrected chi connectivity index (χ3v) is 3.85. The molecule has 2 unspecified atom stereocenters. The van der Waals surface area contributed by atoms with Crippen LogP contribution in [-0.2, 0) is 11.2 Å². The summed E-state index contributed by atoms with van der Waals surface area (Å²) in [6.07, 6.45) is 3.42. The maximum Gasteiger partial charge on any atom is 0.119 e. The molecule has 0 spiro atoms. The molecule has 20 heavy (non-hydrogen) atoms. The van der Waals surface area contributed by atoms with Crippen molar-refractivity contribution >= 4 is 0 Å². The van der Waals surface area contributed by atoms with Crippen molar-refractivity contribution in [3.63, 3.8) is 0 Å². The molecule has 1 aliphatic rings. The predicted molar refractivity (Wildman–Crippen MR) is 82.3 cm³/mol. The molecule has 3 nitrogen and oxygen atoms in total. The van der Waals surface area contributed by atoms with E-state index in [1.807, 2.05) is 0 Å². The van der Waals surface area contributed by atoms with Crippen LogP contribution in [0.25, 0.3) is 0 Å². The highest BCUT2D eigenvalue weighted by molar-refractivity contribution is 5.27. The number of hydrogen-bond donors (Lipinski definition) is 1. The SMILES string of the molecule is CCNC(C)CCc1ccc(OCC2CCOC2)cc1.